The minimum atomic E-state index is -0.678. The van der Waals surface area contributed by atoms with Gasteiger partial charge in [-0.15, -0.1) is 0 Å². The fourth-order valence-electron chi connectivity index (χ4n) is 19.1. The highest BCUT2D eigenvalue weighted by atomic mass is 15.2. The monoisotopic (exact) mass is 1450 g/mol. The summed E-state index contributed by atoms with van der Waals surface area (Å²) in [5.41, 5.74) is 37.9. The number of fused-ring (bicyclic) bond motifs is 10. The molecule has 3 heterocycles. The third-order valence-corrected chi connectivity index (χ3v) is 24.5. The van der Waals surface area contributed by atoms with E-state index >= 15 is 0 Å². The van der Waals surface area contributed by atoms with Gasteiger partial charge in [-0.3, -0.25) is 0 Å². The molecular weight excluding hydrogens is 1360 g/mol. The van der Waals surface area contributed by atoms with Crippen molar-refractivity contribution in [3.63, 3.8) is 0 Å². The highest BCUT2D eigenvalue weighted by Gasteiger charge is 2.50. The summed E-state index contributed by atoms with van der Waals surface area (Å²) in [5, 5.41) is 2.47. The average Bonchev–Trinajstić information content (AvgIpc) is 1.66. The van der Waals surface area contributed by atoms with Crippen LogP contribution in [0.25, 0.3) is 105 Å². The van der Waals surface area contributed by atoms with E-state index in [2.05, 4.69) is 447 Å². The molecule has 0 radical (unpaired) electrons. The quantitative estimate of drug-likeness (QED) is 0.120. The highest BCUT2D eigenvalue weighted by molar-refractivity contribution is 7.00. The van der Waals surface area contributed by atoms with Gasteiger partial charge in [0.2, 0.25) is 0 Å². The van der Waals surface area contributed by atoms with Gasteiger partial charge in [0, 0.05) is 55.8 Å². The van der Waals surface area contributed by atoms with Crippen molar-refractivity contribution in [2.24, 2.45) is 0 Å². The Kier molecular flexibility index (Phi) is 16.3. The molecule has 0 bridgehead atoms. The molecule has 0 unspecified atom stereocenters. The Morgan fingerprint density at radius 2 is 0.646 bits per heavy atom. The Morgan fingerprint density at radius 1 is 0.257 bits per heavy atom. The van der Waals surface area contributed by atoms with Gasteiger partial charge in [0.15, 0.2) is 0 Å². The van der Waals surface area contributed by atoms with Crippen LogP contribution in [0.5, 0.6) is 0 Å². The molecule has 20 rings (SSSR count). The predicted molar refractivity (Wildman–Crippen MR) is 481 cm³/mol. The third-order valence-electron chi connectivity index (χ3n) is 24.5. The predicted octanol–water partition coefficient (Wildman–Crippen LogP) is 27.1. The van der Waals surface area contributed by atoms with Crippen molar-refractivity contribution < 1.29 is 0 Å². The van der Waals surface area contributed by atoms with E-state index in [0.717, 1.165) is 101 Å². The van der Waals surface area contributed by atoms with E-state index in [-0.39, 0.29) is 23.0 Å². The number of para-hydroxylation sites is 2. The Labute approximate surface area is 665 Å². The summed E-state index contributed by atoms with van der Waals surface area (Å²) in [4.78, 5) is 5.44. The van der Waals surface area contributed by atoms with Crippen molar-refractivity contribution in [1.82, 2.24) is 4.57 Å². The number of anilines is 6. The molecule has 2 aliphatic heterocycles. The Bertz CT molecular complexity index is 6350. The second-order valence-electron chi connectivity index (χ2n) is 34.3. The summed E-state index contributed by atoms with van der Waals surface area (Å²) in [7, 11) is 0. The lowest BCUT2D eigenvalue weighted by Crippen LogP contribution is -2.61. The van der Waals surface area contributed by atoms with Crippen LogP contribution in [0.1, 0.15) is 101 Å². The smallest absolute Gasteiger partial charge is 0.252 e. The van der Waals surface area contributed by atoms with Crippen molar-refractivity contribution in [2.45, 2.75) is 84.0 Å². The van der Waals surface area contributed by atoms with Gasteiger partial charge < -0.3 is 14.4 Å². The van der Waals surface area contributed by atoms with Gasteiger partial charge in [-0.05, 0) is 176 Å². The molecule has 4 heteroatoms. The van der Waals surface area contributed by atoms with Crippen LogP contribution in [-0.2, 0) is 21.7 Å². The molecule has 0 N–H and O–H groups in total. The minimum absolute atomic E-state index is 0.0230. The lowest BCUT2D eigenvalue weighted by Gasteiger charge is -2.46. The molecule has 17 aromatic rings. The summed E-state index contributed by atoms with van der Waals surface area (Å²) in [5.74, 6) is 0. The molecule has 0 fully saturated rings. The van der Waals surface area contributed by atoms with Crippen LogP contribution in [0.3, 0.4) is 0 Å². The van der Waals surface area contributed by atoms with Gasteiger partial charge in [-0.25, -0.2) is 0 Å². The van der Waals surface area contributed by atoms with Crippen molar-refractivity contribution >= 4 is 79.0 Å². The number of hydrogen-bond donors (Lipinski definition) is 0. The maximum absolute atomic E-state index is 2.74. The van der Waals surface area contributed by atoms with Crippen LogP contribution >= 0.6 is 0 Å². The molecule has 0 amide bonds. The molecule has 3 aliphatic rings. The average molecular weight is 1450 g/mol. The third kappa shape index (κ3) is 11.2. The first kappa shape index (κ1) is 69.2. The van der Waals surface area contributed by atoms with Crippen LogP contribution in [0.2, 0.25) is 0 Å². The van der Waals surface area contributed by atoms with E-state index < -0.39 is 5.41 Å². The van der Waals surface area contributed by atoms with Crippen LogP contribution in [-0.4, -0.2) is 11.3 Å². The zero-order valence-corrected chi connectivity index (χ0v) is 65.6. The molecule has 16 aromatic carbocycles. The zero-order chi connectivity index (χ0) is 76.7. The summed E-state index contributed by atoms with van der Waals surface area (Å²) >= 11 is 0. The fraction of sp³-hybridized carbons (Fsp3) is 0.119. The maximum atomic E-state index is 2.74. The van der Waals surface area contributed by atoms with E-state index in [1.807, 2.05) is 0 Å². The lowest BCUT2D eigenvalue weighted by atomic mass is 9.33. The van der Waals surface area contributed by atoms with E-state index in [1.54, 1.807) is 0 Å². The molecule has 3 nitrogen and oxygen atoms in total. The van der Waals surface area contributed by atoms with Gasteiger partial charge in [0.05, 0.1) is 33.5 Å². The summed E-state index contributed by atoms with van der Waals surface area (Å²) in [6.07, 6.45) is 0. The number of hydrogen-bond acceptors (Lipinski definition) is 2. The first-order valence-corrected chi connectivity index (χ1v) is 40.1. The van der Waals surface area contributed by atoms with Gasteiger partial charge >= 0.3 is 0 Å². The van der Waals surface area contributed by atoms with Crippen molar-refractivity contribution in [3.8, 4) is 83.6 Å². The topological polar surface area (TPSA) is 11.4 Å². The van der Waals surface area contributed by atoms with E-state index in [1.165, 1.54) is 93.9 Å². The Hall–Kier alpha value is -13.0. The zero-order valence-electron chi connectivity index (χ0n) is 65.6. The van der Waals surface area contributed by atoms with E-state index in [0.29, 0.717) is 0 Å². The van der Waals surface area contributed by atoms with E-state index in [4.69, 9.17) is 0 Å². The largest absolute Gasteiger partial charge is 0.310 e. The molecule has 0 spiro atoms. The normalized spacial score (nSPS) is 13.4. The van der Waals surface area contributed by atoms with Crippen LogP contribution in [0, 0.1) is 0 Å². The van der Waals surface area contributed by atoms with Gasteiger partial charge in [0.1, 0.15) is 0 Å². The van der Waals surface area contributed by atoms with Crippen molar-refractivity contribution in [2.75, 3.05) is 9.80 Å². The van der Waals surface area contributed by atoms with Crippen LogP contribution in [0.4, 0.5) is 34.1 Å². The van der Waals surface area contributed by atoms with Crippen LogP contribution < -0.4 is 26.2 Å². The molecule has 1 aromatic heterocycles. The Morgan fingerprint density at radius 3 is 1.12 bits per heavy atom. The first-order valence-electron chi connectivity index (χ1n) is 40.1. The van der Waals surface area contributed by atoms with E-state index in [9.17, 15) is 0 Å². The minimum Gasteiger partial charge on any atom is -0.310 e. The molecule has 0 saturated carbocycles. The van der Waals surface area contributed by atoms with Crippen molar-refractivity contribution in [1.29, 1.82) is 0 Å². The second kappa shape index (κ2) is 26.6. The molecular formula is C109H88BN3. The summed E-state index contributed by atoms with van der Waals surface area (Å²) in [6.45, 7) is 20.7. The summed E-state index contributed by atoms with van der Waals surface area (Å²) < 4.78 is 2.61. The molecule has 0 atom stereocenters. The standard InChI is InChI=1S/C109H88BN3/c1-106(2,3)78-57-53-71(54-58-78)76-56-62-98-95(65-76)110-94-61-55-77(84-46-30-51-90-89-45-28-29-52-93(89)109(102(84)90,79-41-24-14-25-42-79)80-43-26-15-27-44-80)66-99(94)113(105-87(74-37-20-12-21-38-74)49-32-50-88(105)75-39-22-13-23-40-75)101-70-83(111-96-63-59-81(107(4,5)6)67-91(96)92-68-82(108(7,8)9)60-64-97(92)111)69-100(103(101)110)112(98)104-85(72-33-16-10-17-34-72)47-31-48-86(104)73-35-18-11-19-36-73/h10-70H,1-9H3. The number of benzene rings is 16. The molecule has 542 valence electrons. The molecule has 1 aliphatic carbocycles. The molecule has 113 heavy (non-hydrogen) atoms. The molecule has 0 saturated heterocycles. The van der Waals surface area contributed by atoms with Crippen molar-refractivity contribution in [3.05, 3.63) is 409 Å². The van der Waals surface area contributed by atoms with Gasteiger partial charge in [-0.1, -0.05) is 384 Å². The fourth-order valence-corrected chi connectivity index (χ4v) is 19.1. The maximum Gasteiger partial charge on any atom is 0.252 e. The number of aromatic nitrogens is 1. The summed E-state index contributed by atoms with van der Waals surface area (Å²) in [6, 6.07) is 142. The first-order chi connectivity index (χ1) is 55.0. The Balaban J connectivity index is 0.978. The lowest BCUT2D eigenvalue weighted by molar-refractivity contribution is 0.590. The van der Waals surface area contributed by atoms with Crippen LogP contribution in [0.15, 0.2) is 370 Å². The SMILES string of the molecule is CC(C)(C)c1ccc(-c2ccc3c(c2)B2c4ccc(-c5cccc6c5C(c5ccccc5)(c5ccccc5)c5ccccc5-6)cc4N(c4c(-c5ccccc5)cccc4-c4ccccc4)c4cc(-n5c6ccc(C(C)(C)C)cc6c6cc(C(C)(C)C)ccc65)cc(c42)N3c2c(-c3ccccc3)cccc2-c2ccccc2)cc1. The second-order valence-corrected chi connectivity index (χ2v) is 34.3. The highest BCUT2D eigenvalue weighted by Crippen LogP contribution is 2.60. The number of rotatable bonds is 11. The number of nitrogens with zero attached hydrogens (tertiary/aromatic N) is 3. The van der Waals surface area contributed by atoms with Gasteiger partial charge in [0.25, 0.3) is 6.71 Å². The van der Waals surface area contributed by atoms with Gasteiger partial charge in [-0.2, -0.15) is 0 Å².